The third-order valence-corrected chi connectivity index (χ3v) is 1.23. The first kappa shape index (κ1) is 5.18. The van der Waals surface area contributed by atoms with Crippen LogP contribution in [0.25, 0.3) is 0 Å². The second-order valence-electron chi connectivity index (χ2n) is 2.13. The number of aromatic nitrogens is 1. The Morgan fingerprint density at radius 2 is 2.83 bits per heavy atom. The highest BCUT2D eigenvalue weighted by molar-refractivity contribution is 5.66. The normalized spacial score (nSPS) is 14.5. The van der Waals surface area contributed by atoms with Gasteiger partial charge in [-0.2, -0.15) is 0 Å². The predicted octanol–water partition coefficient (Wildman–Crippen LogP) is 0.700. The highest BCUT2D eigenvalue weighted by atomic mass is 16.5. The molecular formula is C7H9NO4. The van der Waals surface area contributed by atoms with Crippen molar-refractivity contribution in [2.75, 3.05) is 7.04 Å². The first-order valence-corrected chi connectivity index (χ1v) is 3.23. The van der Waals surface area contributed by atoms with Gasteiger partial charge in [0.15, 0.2) is 0 Å². The Morgan fingerprint density at radius 1 is 2.00 bits per heavy atom. The molecule has 12 heavy (non-hydrogen) atoms. The largest absolute Gasteiger partial charge is 0.481 e. The first-order chi connectivity index (χ1) is 6.87. The third kappa shape index (κ3) is 2.26. The number of ether oxygens (including phenoxy) is 1. The van der Waals surface area contributed by atoms with Gasteiger partial charge in [0.05, 0.1) is 17.6 Å². The molecule has 66 valence electrons. The van der Waals surface area contributed by atoms with Crippen molar-refractivity contribution >= 4 is 5.97 Å². The van der Waals surface area contributed by atoms with Gasteiger partial charge in [-0.15, -0.1) is 0 Å². The molecule has 0 radical (unpaired) electrons. The summed E-state index contributed by atoms with van der Waals surface area (Å²) in [4.78, 5) is 10.2. The lowest BCUT2D eigenvalue weighted by atomic mass is 10.2. The SMILES string of the molecule is [2H]C([2H])([2H])Oc1cc(CCC(=O)O)on1. The van der Waals surface area contributed by atoms with E-state index in [-0.39, 0.29) is 24.5 Å². The number of aryl methyl sites for hydroxylation is 1. The molecular weight excluding hydrogens is 162 g/mol. The molecule has 1 rings (SSSR count). The van der Waals surface area contributed by atoms with E-state index in [1.807, 2.05) is 0 Å². The van der Waals surface area contributed by atoms with E-state index in [4.69, 9.17) is 9.22 Å². The number of hydrogen-bond donors (Lipinski definition) is 1. The summed E-state index contributed by atoms with van der Waals surface area (Å²) in [5.74, 6) is -0.864. The monoisotopic (exact) mass is 174 g/mol. The Kier molecular flexibility index (Phi) is 1.62. The van der Waals surface area contributed by atoms with Gasteiger partial charge in [-0.3, -0.25) is 4.79 Å². The molecule has 0 amide bonds. The fourth-order valence-corrected chi connectivity index (χ4v) is 0.690. The van der Waals surface area contributed by atoms with Crippen LogP contribution in [0, 0.1) is 0 Å². The quantitative estimate of drug-likeness (QED) is 0.727. The topological polar surface area (TPSA) is 72.6 Å². The Bertz CT molecular complexity index is 346. The number of carboxylic acid groups (broad SMARTS) is 1. The zero-order valence-corrected chi connectivity index (χ0v) is 6.11. The number of methoxy groups -OCH3 is 1. The van der Waals surface area contributed by atoms with Crippen LogP contribution in [0.15, 0.2) is 10.6 Å². The second kappa shape index (κ2) is 3.75. The minimum Gasteiger partial charge on any atom is -0.481 e. The van der Waals surface area contributed by atoms with Crippen molar-refractivity contribution in [1.82, 2.24) is 5.16 Å². The summed E-state index contributed by atoms with van der Waals surface area (Å²) in [5, 5.41) is 11.7. The summed E-state index contributed by atoms with van der Waals surface area (Å²) >= 11 is 0. The summed E-state index contributed by atoms with van der Waals surface area (Å²) in [6, 6.07) is 1.26. The van der Waals surface area contributed by atoms with Crippen LogP contribution in [-0.2, 0) is 11.2 Å². The zero-order valence-electron chi connectivity index (χ0n) is 9.11. The van der Waals surface area contributed by atoms with Gasteiger partial charge < -0.3 is 14.4 Å². The van der Waals surface area contributed by atoms with Crippen LogP contribution in [0.1, 0.15) is 16.3 Å². The molecule has 1 aromatic heterocycles. The fraction of sp³-hybridized carbons (Fsp3) is 0.429. The van der Waals surface area contributed by atoms with Crippen molar-refractivity contribution in [3.8, 4) is 5.88 Å². The van der Waals surface area contributed by atoms with Crippen molar-refractivity contribution in [2.45, 2.75) is 12.8 Å². The molecule has 1 heterocycles. The maximum atomic E-state index is 10.2. The predicted molar refractivity (Wildman–Crippen MR) is 39.0 cm³/mol. The molecule has 0 fully saturated rings. The van der Waals surface area contributed by atoms with E-state index in [2.05, 4.69) is 14.4 Å². The molecule has 0 saturated heterocycles. The summed E-state index contributed by atoms with van der Waals surface area (Å²) in [6.07, 6.45) is 0.0368. The van der Waals surface area contributed by atoms with Crippen LogP contribution in [0.4, 0.5) is 0 Å². The molecule has 5 nitrogen and oxygen atoms in total. The number of hydrogen-bond acceptors (Lipinski definition) is 4. The molecule has 1 aromatic rings. The number of carbonyl (C=O) groups is 1. The zero-order chi connectivity index (χ0) is 11.5. The third-order valence-electron chi connectivity index (χ3n) is 1.23. The molecule has 0 aliphatic rings. The van der Waals surface area contributed by atoms with Gasteiger partial charge in [0.1, 0.15) is 5.76 Å². The lowest BCUT2D eigenvalue weighted by Crippen LogP contribution is -1.96. The van der Waals surface area contributed by atoms with Crippen LogP contribution in [-0.4, -0.2) is 23.3 Å². The summed E-state index contributed by atoms with van der Waals surface area (Å²) in [6.45, 7) is 0. The number of rotatable bonds is 4. The fourth-order valence-electron chi connectivity index (χ4n) is 0.690. The Morgan fingerprint density at radius 3 is 3.50 bits per heavy atom. The van der Waals surface area contributed by atoms with E-state index in [1.54, 1.807) is 0 Å². The molecule has 0 saturated carbocycles. The summed E-state index contributed by atoms with van der Waals surface area (Å²) in [5.41, 5.74) is 0. The van der Waals surface area contributed by atoms with Crippen LogP contribution in [0.2, 0.25) is 0 Å². The van der Waals surface area contributed by atoms with Gasteiger partial charge in [-0.1, -0.05) is 0 Å². The van der Waals surface area contributed by atoms with E-state index in [1.165, 1.54) is 6.07 Å². The Hall–Kier alpha value is -1.52. The lowest BCUT2D eigenvalue weighted by molar-refractivity contribution is -0.137. The molecule has 0 atom stereocenters. The average molecular weight is 174 g/mol. The number of aliphatic carboxylic acids is 1. The van der Waals surface area contributed by atoms with E-state index in [9.17, 15) is 4.79 Å². The van der Waals surface area contributed by atoms with Crippen LogP contribution in [0.3, 0.4) is 0 Å². The standard InChI is InChI=1S/C7H9NO4/c1-11-6-4-5(12-8-6)2-3-7(9)10/h4H,2-3H2,1H3,(H,9,10)/i1D3. The molecule has 0 aliphatic carbocycles. The van der Waals surface area contributed by atoms with E-state index < -0.39 is 13.0 Å². The summed E-state index contributed by atoms with van der Waals surface area (Å²) in [7, 11) is -2.58. The maximum Gasteiger partial charge on any atom is 0.303 e. The molecule has 0 aromatic carbocycles. The molecule has 0 aliphatic heterocycles. The smallest absolute Gasteiger partial charge is 0.303 e. The molecule has 1 N–H and O–H groups in total. The average Bonchev–Trinajstić information content (AvgIpc) is 2.45. The maximum absolute atomic E-state index is 10.2. The van der Waals surface area contributed by atoms with Gasteiger partial charge >= 0.3 is 5.97 Å². The number of carboxylic acids is 1. The Balaban J connectivity index is 2.53. The minimum atomic E-state index is -2.58. The van der Waals surface area contributed by atoms with Crippen molar-refractivity contribution < 1.29 is 23.3 Å². The lowest BCUT2D eigenvalue weighted by Gasteiger charge is -1.88. The summed E-state index contributed by atoms with van der Waals surface area (Å²) < 4.78 is 29.5. The van der Waals surface area contributed by atoms with Gasteiger partial charge in [-0.25, -0.2) is 0 Å². The highest BCUT2D eigenvalue weighted by Crippen LogP contribution is 2.11. The van der Waals surface area contributed by atoms with Crippen molar-refractivity contribution in [3.05, 3.63) is 11.8 Å². The molecule has 0 spiro atoms. The number of nitrogens with zero attached hydrogens (tertiary/aromatic N) is 1. The first-order valence-electron chi connectivity index (χ1n) is 4.73. The van der Waals surface area contributed by atoms with Gasteiger partial charge in [-0.05, 0) is 5.16 Å². The van der Waals surface area contributed by atoms with Gasteiger partial charge in [0.2, 0.25) is 0 Å². The highest BCUT2D eigenvalue weighted by Gasteiger charge is 2.05. The van der Waals surface area contributed by atoms with E-state index >= 15 is 0 Å². The van der Waals surface area contributed by atoms with Crippen molar-refractivity contribution in [1.29, 1.82) is 0 Å². The second-order valence-corrected chi connectivity index (χ2v) is 2.13. The molecule has 5 heteroatoms. The van der Waals surface area contributed by atoms with E-state index in [0.717, 1.165) is 0 Å². The minimum absolute atomic E-state index is 0.109. The van der Waals surface area contributed by atoms with Gasteiger partial charge in [0.25, 0.3) is 5.88 Å². The van der Waals surface area contributed by atoms with Crippen LogP contribution < -0.4 is 4.74 Å². The molecule has 0 bridgehead atoms. The van der Waals surface area contributed by atoms with Crippen LogP contribution >= 0.6 is 0 Å². The van der Waals surface area contributed by atoms with Crippen molar-refractivity contribution in [2.24, 2.45) is 0 Å². The van der Waals surface area contributed by atoms with Gasteiger partial charge in [0, 0.05) is 12.5 Å². The van der Waals surface area contributed by atoms with Crippen molar-refractivity contribution in [3.63, 3.8) is 0 Å². The Labute approximate surface area is 73.1 Å². The molecule has 0 unspecified atom stereocenters. The van der Waals surface area contributed by atoms with E-state index in [0.29, 0.717) is 0 Å². The van der Waals surface area contributed by atoms with Crippen LogP contribution in [0.5, 0.6) is 5.88 Å².